The van der Waals surface area contributed by atoms with E-state index >= 15 is 0 Å². The smallest absolute Gasteiger partial charge is 0.243 e. The van der Waals surface area contributed by atoms with Crippen LogP contribution in [0.15, 0.2) is 53.4 Å². The van der Waals surface area contributed by atoms with Crippen LogP contribution in [-0.2, 0) is 26.0 Å². The second-order valence-electron chi connectivity index (χ2n) is 7.50. The van der Waals surface area contributed by atoms with Crippen LogP contribution in [0.3, 0.4) is 0 Å². The normalized spacial score (nSPS) is 14.5. The lowest BCUT2D eigenvalue weighted by Gasteiger charge is -2.35. The standard InChI is InChI=1S/C22H26FN3O5S/c1-24(32(29,30)20-8-6-18(23)7-9-20)16-22(28)26-12-10-25(11-13-26)21(27)15-17-4-3-5-19(14-17)31-2/h3-9,14H,10-13,15-16H2,1-2H3. The highest BCUT2D eigenvalue weighted by Crippen LogP contribution is 2.16. The zero-order valence-electron chi connectivity index (χ0n) is 18.0. The van der Waals surface area contributed by atoms with E-state index in [2.05, 4.69) is 0 Å². The van der Waals surface area contributed by atoms with Gasteiger partial charge in [0.1, 0.15) is 11.6 Å². The second-order valence-corrected chi connectivity index (χ2v) is 9.55. The number of carbonyl (C=O) groups excluding carboxylic acids is 2. The Hall–Kier alpha value is -2.98. The highest BCUT2D eigenvalue weighted by Gasteiger charge is 2.28. The van der Waals surface area contributed by atoms with Gasteiger partial charge in [0.25, 0.3) is 0 Å². The van der Waals surface area contributed by atoms with Gasteiger partial charge in [0.2, 0.25) is 21.8 Å². The van der Waals surface area contributed by atoms with Gasteiger partial charge in [0, 0.05) is 33.2 Å². The molecule has 0 atom stereocenters. The lowest BCUT2D eigenvalue weighted by atomic mass is 10.1. The minimum Gasteiger partial charge on any atom is -0.497 e. The topological polar surface area (TPSA) is 87.2 Å². The largest absolute Gasteiger partial charge is 0.497 e. The number of ether oxygens (including phenoxy) is 1. The summed E-state index contributed by atoms with van der Waals surface area (Å²) in [6.07, 6.45) is 0.240. The molecule has 0 saturated carbocycles. The van der Waals surface area contributed by atoms with Gasteiger partial charge in [-0.25, -0.2) is 12.8 Å². The van der Waals surface area contributed by atoms with Crippen LogP contribution >= 0.6 is 0 Å². The Balaban J connectivity index is 1.52. The number of hydrogen-bond donors (Lipinski definition) is 0. The molecular weight excluding hydrogens is 437 g/mol. The van der Waals surface area contributed by atoms with Crippen LogP contribution in [0.2, 0.25) is 0 Å². The first-order chi connectivity index (χ1) is 15.2. The number of halogens is 1. The highest BCUT2D eigenvalue weighted by molar-refractivity contribution is 7.89. The van der Waals surface area contributed by atoms with Crippen molar-refractivity contribution in [3.8, 4) is 5.75 Å². The SMILES string of the molecule is COc1cccc(CC(=O)N2CCN(C(=O)CN(C)S(=O)(=O)c3ccc(F)cc3)CC2)c1. The Bertz CT molecular complexity index is 1070. The summed E-state index contributed by atoms with van der Waals surface area (Å²) in [5.41, 5.74) is 0.848. The molecule has 0 bridgehead atoms. The van der Waals surface area contributed by atoms with E-state index in [4.69, 9.17) is 4.74 Å². The molecule has 32 heavy (non-hydrogen) atoms. The van der Waals surface area contributed by atoms with Gasteiger partial charge in [-0.3, -0.25) is 9.59 Å². The quantitative estimate of drug-likeness (QED) is 0.619. The molecule has 0 N–H and O–H groups in total. The number of methoxy groups -OCH3 is 1. The molecule has 0 aromatic heterocycles. The fraction of sp³-hybridized carbons (Fsp3) is 0.364. The maximum absolute atomic E-state index is 13.1. The van der Waals surface area contributed by atoms with Crippen LogP contribution in [0.25, 0.3) is 0 Å². The minimum absolute atomic E-state index is 0.0404. The average Bonchev–Trinajstić information content (AvgIpc) is 2.79. The van der Waals surface area contributed by atoms with Crippen molar-refractivity contribution < 1.29 is 27.1 Å². The van der Waals surface area contributed by atoms with Crippen molar-refractivity contribution in [3.63, 3.8) is 0 Å². The molecule has 1 fully saturated rings. The molecule has 2 aromatic rings. The average molecular weight is 464 g/mol. The Morgan fingerprint density at radius 3 is 2.19 bits per heavy atom. The molecule has 1 heterocycles. The fourth-order valence-electron chi connectivity index (χ4n) is 3.44. The van der Waals surface area contributed by atoms with E-state index in [-0.39, 0.29) is 29.7 Å². The molecule has 0 spiro atoms. The summed E-state index contributed by atoms with van der Waals surface area (Å²) in [7, 11) is -1.03. The predicted molar refractivity (Wildman–Crippen MR) is 116 cm³/mol. The summed E-state index contributed by atoms with van der Waals surface area (Å²) in [5, 5.41) is 0. The Morgan fingerprint density at radius 2 is 1.59 bits per heavy atom. The molecule has 0 unspecified atom stereocenters. The van der Waals surface area contributed by atoms with Crippen molar-refractivity contribution in [2.75, 3.05) is 46.9 Å². The number of rotatable bonds is 7. The minimum atomic E-state index is -3.91. The number of amides is 2. The van der Waals surface area contributed by atoms with Gasteiger partial charge in [-0.15, -0.1) is 0 Å². The third-order valence-electron chi connectivity index (χ3n) is 5.35. The van der Waals surface area contributed by atoms with Gasteiger partial charge in [-0.05, 0) is 42.0 Å². The molecule has 3 rings (SSSR count). The van der Waals surface area contributed by atoms with E-state index in [0.29, 0.717) is 31.9 Å². The van der Waals surface area contributed by atoms with Gasteiger partial charge in [-0.1, -0.05) is 12.1 Å². The molecule has 2 amide bonds. The first kappa shape index (κ1) is 23.7. The summed E-state index contributed by atoms with van der Waals surface area (Å²) >= 11 is 0. The van der Waals surface area contributed by atoms with E-state index in [1.54, 1.807) is 16.9 Å². The zero-order valence-corrected chi connectivity index (χ0v) is 18.8. The van der Waals surface area contributed by atoms with Crippen molar-refractivity contribution in [1.29, 1.82) is 0 Å². The van der Waals surface area contributed by atoms with Gasteiger partial charge in [-0.2, -0.15) is 4.31 Å². The number of hydrogen-bond acceptors (Lipinski definition) is 5. The third kappa shape index (κ3) is 5.63. The monoisotopic (exact) mass is 463 g/mol. The summed E-state index contributed by atoms with van der Waals surface area (Å²) in [4.78, 5) is 28.4. The maximum Gasteiger partial charge on any atom is 0.243 e. The summed E-state index contributed by atoms with van der Waals surface area (Å²) in [6.45, 7) is 1.07. The molecule has 10 heteroatoms. The van der Waals surface area contributed by atoms with Crippen molar-refractivity contribution in [2.45, 2.75) is 11.3 Å². The van der Waals surface area contributed by atoms with E-state index in [1.165, 1.54) is 19.2 Å². The van der Waals surface area contributed by atoms with Gasteiger partial charge < -0.3 is 14.5 Å². The number of carbonyl (C=O) groups is 2. The lowest BCUT2D eigenvalue weighted by Crippen LogP contribution is -2.53. The molecule has 0 aliphatic carbocycles. The van der Waals surface area contributed by atoms with Gasteiger partial charge in [0.05, 0.1) is 25.0 Å². The molecule has 1 aliphatic rings. The number of benzene rings is 2. The zero-order chi connectivity index (χ0) is 23.3. The Kier molecular flexibility index (Phi) is 7.47. The fourth-order valence-corrected chi connectivity index (χ4v) is 4.56. The van der Waals surface area contributed by atoms with Crippen molar-refractivity contribution in [3.05, 3.63) is 59.9 Å². The number of nitrogens with zero attached hydrogens (tertiary/aromatic N) is 3. The van der Waals surface area contributed by atoms with E-state index in [0.717, 1.165) is 22.0 Å². The summed E-state index contributed by atoms with van der Waals surface area (Å²) in [6, 6.07) is 11.8. The van der Waals surface area contributed by atoms with Crippen LogP contribution in [0.1, 0.15) is 5.56 Å². The molecule has 2 aromatic carbocycles. The van der Waals surface area contributed by atoms with Crippen LogP contribution in [0.4, 0.5) is 4.39 Å². The summed E-state index contributed by atoms with van der Waals surface area (Å²) in [5.74, 6) is -0.244. The first-order valence-electron chi connectivity index (χ1n) is 10.1. The molecular formula is C22H26FN3O5S. The Morgan fingerprint density at radius 1 is 1.00 bits per heavy atom. The van der Waals surface area contributed by atoms with Crippen LogP contribution in [0.5, 0.6) is 5.75 Å². The predicted octanol–water partition coefficient (Wildman–Crippen LogP) is 1.37. The van der Waals surface area contributed by atoms with E-state index < -0.39 is 15.8 Å². The molecule has 172 valence electrons. The second kappa shape index (κ2) is 10.1. The van der Waals surface area contributed by atoms with Crippen LogP contribution in [0, 0.1) is 5.82 Å². The Labute approximate surface area is 187 Å². The highest BCUT2D eigenvalue weighted by atomic mass is 32.2. The number of likely N-dealkylation sites (N-methyl/N-ethyl adjacent to an activating group) is 1. The first-order valence-corrected chi connectivity index (χ1v) is 11.5. The van der Waals surface area contributed by atoms with Gasteiger partial charge >= 0.3 is 0 Å². The third-order valence-corrected chi connectivity index (χ3v) is 7.17. The molecule has 1 saturated heterocycles. The lowest BCUT2D eigenvalue weighted by molar-refractivity contribution is -0.139. The van der Waals surface area contributed by atoms with Crippen LogP contribution in [-0.4, -0.2) is 81.2 Å². The summed E-state index contributed by atoms with van der Waals surface area (Å²) < 4.78 is 44.4. The van der Waals surface area contributed by atoms with E-state index in [1.807, 2.05) is 24.3 Å². The van der Waals surface area contributed by atoms with Gasteiger partial charge in [0.15, 0.2) is 0 Å². The number of piperazine rings is 1. The van der Waals surface area contributed by atoms with Crippen LogP contribution < -0.4 is 4.74 Å². The molecule has 1 aliphatic heterocycles. The maximum atomic E-state index is 13.1. The number of sulfonamides is 1. The van der Waals surface area contributed by atoms with Crippen molar-refractivity contribution in [1.82, 2.24) is 14.1 Å². The van der Waals surface area contributed by atoms with E-state index in [9.17, 15) is 22.4 Å². The molecule has 0 radical (unpaired) electrons. The molecule has 8 nitrogen and oxygen atoms in total. The van der Waals surface area contributed by atoms with Crippen molar-refractivity contribution >= 4 is 21.8 Å². The van der Waals surface area contributed by atoms with Crippen molar-refractivity contribution in [2.24, 2.45) is 0 Å².